The quantitative estimate of drug-likeness (QED) is 0.551. The van der Waals surface area contributed by atoms with Crippen molar-refractivity contribution in [3.8, 4) is 0 Å². The van der Waals surface area contributed by atoms with Crippen LogP contribution in [-0.4, -0.2) is 25.4 Å². The third-order valence-electron chi connectivity index (χ3n) is 4.71. The van der Waals surface area contributed by atoms with Gasteiger partial charge in [-0.2, -0.15) is 0 Å². The fourth-order valence-corrected chi connectivity index (χ4v) is 3.46. The lowest BCUT2D eigenvalue weighted by molar-refractivity contribution is -0.0356. The van der Waals surface area contributed by atoms with Crippen LogP contribution in [-0.2, 0) is 9.47 Å². The molecule has 2 nitrogen and oxygen atoms in total. The van der Waals surface area contributed by atoms with Crippen LogP contribution in [0.25, 0.3) is 0 Å². The van der Waals surface area contributed by atoms with Crippen LogP contribution >= 0.6 is 0 Å². The molecule has 1 aliphatic rings. The van der Waals surface area contributed by atoms with Gasteiger partial charge in [0, 0.05) is 0 Å². The molecule has 120 valence electrons. The van der Waals surface area contributed by atoms with E-state index in [1.54, 1.807) is 0 Å². The maximum Gasteiger partial charge on any atom is 0.0704 e. The molecule has 0 aromatic rings. The first-order valence-electron chi connectivity index (χ1n) is 8.74. The van der Waals surface area contributed by atoms with E-state index in [1.165, 1.54) is 38.5 Å². The fourth-order valence-electron chi connectivity index (χ4n) is 3.46. The zero-order valence-corrected chi connectivity index (χ0v) is 14.4. The van der Waals surface area contributed by atoms with Crippen molar-refractivity contribution in [2.45, 2.75) is 85.4 Å². The van der Waals surface area contributed by atoms with Crippen LogP contribution in [0.4, 0.5) is 0 Å². The molecule has 2 heteroatoms. The van der Waals surface area contributed by atoms with E-state index in [0.717, 1.165) is 31.0 Å². The molecule has 20 heavy (non-hydrogen) atoms. The molecule has 0 radical (unpaired) electrons. The Morgan fingerprint density at radius 2 is 1.45 bits per heavy atom. The molecule has 0 N–H and O–H groups in total. The van der Waals surface area contributed by atoms with Gasteiger partial charge < -0.3 is 9.47 Å². The first kappa shape index (κ1) is 18.0. The summed E-state index contributed by atoms with van der Waals surface area (Å²) in [7, 11) is 0. The van der Waals surface area contributed by atoms with Gasteiger partial charge in [0.2, 0.25) is 0 Å². The minimum atomic E-state index is 0.347. The normalized spacial score (nSPS) is 19.2. The third-order valence-corrected chi connectivity index (χ3v) is 4.71. The molecule has 1 saturated carbocycles. The van der Waals surface area contributed by atoms with Crippen LogP contribution in [0.15, 0.2) is 0 Å². The minimum absolute atomic E-state index is 0.347. The summed E-state index contributed by atoms with van der Waals surface area (Å²) >= 11 is 0. The second-order valence-electron chi connectivity index (χ2n) is 7.20. The van der Waals surface area contributed by atoms with Crippen LogP contribution in [0.3, 0.4) is 0 Å². The summed E-state index contributed by atoms with van der Waals surface area (Å²) in [4.78, 5) is 0. The van der Waals surface area contributed by atoms with Crippen molar-refractivity contribution in [2.24, 2.45) is 17.8 Å². The van der Waals surface area contributed by atoms with Gasteiger partial charge in [-0.3, -0.25) is 0 Å². The highest BCUT2D eigenvalue weighted by molar-refractivity contribution is 4.70. The predicted octanol–water partition coefficient (Wildman–Crippen LogP) is 5.06. The summed E-state index contributed by atoms with van der Waals surface area (Å²) in [6.07, 6.45) is 8.58. The first-order valence-corrected chi connectivity index (χ1v) is 8.74. The summed E-state index contributed by atoms with van der Waals surface area (Å²) in [6.45, 7) is 13.0. The zero-order chi connectivity index (χ0) is 15.0. The Kier molecular flexibility index (Phi) is 8.79. The van der Waals surface area contributed by atoms with Gasteiger partial charge >= 0.3 is 0 Å². The Morgan fingerprint density at radius 1 is 0.850 bits per heavy atom. The van der Waals surface area contributed by atoms with E-state index in [-0.39, 0.29) is 0 Å². The van der Waals surface area contributed by atoms with Gasteiger partial charge in [-0.15, -0.1) is 0 Å². The molecule has 1 unspecified atom stereocenters. The summed E-state index contributed by atoms with van der Waals surface area (Å²) in [5.74, 6) is 2.23. The lowest BCUT2D eigenvalue weighted by Gasteiger charge is -2.28. The monoisotopic (exact) mass is 284 g/mol. The lowest BCUT2D eigenvalue weighted by Crippen LogP contribution is -2.24. The summed E-state index contributed by atoms with van der Waals surface area (Å²) in [5, 5.41) is 0. The van der Waals surface area contributed by atoms with E-state index in [1.807, 2.05) is 0 Å². The highest BCUT2D eigenvalue weighted by Gasteiger charge is 2.20. The zero-order valence-electron chi connectivity index (χ0n) is 14.4. The highest BCUT2D eigenvalue weighted by atomic mass is 16.5. The Morgan fingerprint density at radius 3 is 2.00 bits per heavy atom. The van der Waals surface area contributed by atoms with Crippen LogP contribution in [0.5, 0.6) is 0 Å². The second-order valence-corrected chi connectivity index (χ2v) is 7.20. The average Bonchev–Trinajstić information content (AvgIpc) is 2.41. The van der Waals surface area contributed by atoms with Gasteiger partial charge in [0.05, 0.1) is 25.4 Å². The van der Waals surface area contributed by atoms with Gasteiger partial charge in [0.25, 0.3) is 0 Å². The molecule has 0 spiro atoms. The molecule has 0 aromatic carbocycles. The molecule has 0 aromatic heterocycles. The van der Waals surface area contributed by atoms with E-state index in [2.05, 4.69) is 34.6 Å². The number of ether oxygens (including phenoxy) is 2. The van der Waals surface area contributed by atoms with Gasteiger partial charge in [-0.1, -0.05) is 47.0 Å². The van der Waals surface area contributed by atoms with Gasteiger partial charge in [-0.25, -0.2) is 0 Å². The molecule has 0 heterocycles. The number of hydrogen-bond donors (Lipinski definition) is 0. The maximum absolute atomic E-state index is 5.94. The Labute approximate surface area is 126 Å². The molecule has 1 fully saturated rings. The fraction of sp³-hybridized carbons (Fsp3) is 1.00. The molecule has 0 saturated heterocycles. The summed E-state index contributed by atoms with van der Waals surface area (Å²) in [6, 6.07) is 0. The molecule has 0 amide bonds. The molecule has 1 atom stereocenters. The Balaban J connectivity index is 2.11. The summed E-state index contributed by atoms with van der Waals surface area (Å²) < 4.78 is 11.8. The molecule has 0 bridgehead atoms. The van der Waals surface area contributed by atoms with Gasteiger partial charge in [-0.05, 0) is 43.9 Å². The van der Waals surface area contributed by atoms with Gasteiger partial charge in [0.1, 0.15) is 0 Å². The van der Waals surface area contributed by atoms with E-state index < -0.39 is 0 Å². The maximum atomic E-state index is 5.94. The van der Waals surface area contributed by atoms with E-state index in [9.17, 15) is 0 Å². The van der Waals surface area contributed by atoms with Crippen LogP contribution in [0.2, 0.25) is 0 Å². The summed E-state index contributed by atoms with van der Waals surface area (Å²) in [5.41, 5.74) is 0. The largest absolute Gasteiger partial charge is 0.376 e. The van der Waals surface area contributed by atoms with Crippen molar-refractivity contribution in [1.29, 1.82) is 0 Å². The van der Waals surface area contributed by atoms with Crippen LogP contribution in [0, 0.1) is 17.8 Å². The van der Waals surface area contributed by atoms with Crippen molar-refractivity contribution in [3.63, 3.8) is 0 Å². The lowest BCUT2D eigenvalue weighted by atomic mass is 9.82. The molecule has 0 aliphatic heterocycles. The SMILES string of the molecule is CC(CC(C(C)C)C(C)C)OCCOC1CCCCC1. The molecular weight excluding hydrogens is 248 g/mol. The molecule has 1 aliphatic carbocycles. The standard InChI is InChI=1S/C18H36O2/c1-14(2)18(15(3)4)13-16(5)19-11-12-20-17-9-7-6-8-10-17/h14-18H,6-13H2,1-5H3. The predicted molar refractivity (Wildman–Crippen MR) is 86.0 cm³/mol. The van der Waals surface area contributed by atoms with E-state index in [0.29, 0.717) is 12.2 Å². The van der Waals surface area contributed by atoms with Crippen molar-refractivity contribution in [1.82, 2.24) is 0 Å². The van der Waals surface area contributed by atoms with Crippen LogP contribution in [0.1, 0.15) is 73.1 Å². The highest BCUT2D eigenvalue weighted by Crippen LogP contribution is 2.26. The molecule has 1 rings (SSSR count). The Hall–Kier alpha value is -0.0800. The van der Waals surface area contributed by atoms with Crippen molar-refractivity contribution >= 4 is 0 Å². The molecular formula is C18H36O2. The average molecular weight is 284 g/mol. The second kappa shape index (κ2) is 9.78. The number of hydrogen-bond acceptors (Lipinski definition) is 2. The topological polar surface area (TPSA) is 18.5 Å². The van der Waals surface area contributed by atoms with Crippen molar-refractivity contribution in [2.75, 3.05) is 13.2 Å². The third kappa shape index (κ3) is 7.08. The van der Waals surface area contributed by atoms with Crippen molar-refractivity contribution in [3.05, 3.63) is 0 Å². The smallest absolute Gasteiger partial charge is 0.0704 e. The van der Waals surface area contributed by atoms with E-state index >= 15 is 0 Å². The van der Waals surface area contributed by atoms with Gasteiger partial charge in [0.15, 0.2) is 0 Å². The van der Waals surface area contributed by atoms with Crippen LogP contribution < -0.4 is 0 Å². The first-order chi connectivity index (χ1) is 9.50. The minimum Gasteiger partial charge on any atom is -0.376 e. The Bertz CT molecular complexity index is 224. The number of rotatable bonds is 9. The van der Waals surface area contributed by atoms with Crippen molar-refractivity contribution < 1.29 is 9.47 Å². The van der Waals surface area contributed by atoms with E-state index in [4.69, 9.17) is 9.47 Å².